The molecule has 0 amide bonds. The van der Waals surface area contributed by atoms with E-state index in [0.717, 1.165) is 11.6 Å². The van der Waals surface area contributed by atoms with Gasteiger partial charge >= 0.3 is 5.69 Å². The average molecular weight is 464 g/mol. The SMILES string of the molecule is CCC(/C(=N/Nc1ccc([N+](=O)[O-])cc1[N+](=O)[O-])c1cc(OC)ccc1OC)c1ccccc1. The Kier molecular flexibility index (Phi) is 7.75. The highest BCUT2D eigenvalue weighted by Gasteiger charge is 2.24. The Morgan fingerprint density at radius 3 is 2.29 bits per heavy atom. The Balaban J connectivity index is 2.17. The minimum absolute atomic E-state index is 0.0258. The summed E-state index contributed by atoms with van der Waals surface area (Å²) in [6.07, 6.45) is 0.674. The largest absolute Gasteiger partial charge is 0.497 e. The fraction of sp³-hybridized carbons (Fsp3) is 0.208. The quantitative estimate of drug-likeness (QED) is 0.237. The van der Waals surface area contributed by atoms with Crippen molar-refractivity contribution >= 4 is 22.8 Å². The van der Waals surface area contributed by atoms with Crippen molar-refractivity contribution in [2.45, 2.75) is 19.3 Å². The lowest BCUT2D eigenvalue weighted by Crippen LogP contribution is -2.17. The van der Waals surface area contributed by atoms with Gasteiger partial charge in [0.05, 0.1) is 35.8 Å². The van der Waals surface area contributed by atoms with Gasteiger partial charge in [-0.1, -0.05) is 37.3 Å². The highest BCUT2D eigenvalue weighted by Crippen LogP contribution is 2.34. The van der Waals surface area contributed by atoms with Gasteiger partial charge in [-0.25, -0.2) is 0 Å². The number of nitrogens with one attached hydrogen (secondary N) is 1. The highest BCUT2D eigenvalue weighted by molar-refractivity contribution is 6.07. The Labute approximate surface area is 196 Å². The molecular formula is C24H24N4O6. The smallest absolute Gasteiger partial charge is 0.301 e. The van der Waals surface area contributed by atoms with Crippen molar-refractivity contribution in [3.63, 3.8) is 0 Å². The molecule has 3 rings (SSSR count). The summed E-state index contributed by atoms with van der Waals surface area (Å²) in [5.41, 5.74) is 4.16. The minimum Gasteiger partial charge on any atom is -0.497 e. The van der Waals surface area contributed by atoms with Gasteiger partial charge in [-0.3, -0.25) is 25.7 Å². The third-order valence-electron chi connectivity index (χ3n) is 5.31. The number of hydrogen-bond acceptors (Lipinski definition) is 8. The van der Waals surface area contributed by atoms with Gasteiger partial charge in [-0.15, -0.1) is 0 Å². The molecule has 0 saturated heterocycles. The lowest BCUT2D eigenvalue weighted by Gasteiger charge is -2.21. The van der Waals surface area contributed by atoms with Crippen LogP contribution in [0.3, 0.4) is 0 Å². The molecule has 0 heterocycles. The number of hydrazone groups is 1. The van der Waals surface area contributed by atoms with Gasteiger partial charge in [0.2, 0.25) is 0 Å². The number of nitrogens with zero attached hydrogens (tertiary/aromatic N) is 3. The zero-order valence-electron chi connectivity index (χ0n) is 18.9. The average Bonchev–Trinajstić information content (AvgIpc) is 2.86. The lowest BCUT2D eigenvalue weighted by atomic mass is 9.87. The fourth-order valence-corrected chi connectivity index (χ4v) is 3.61. The summed E-state index contributed by atoms with van der Waals surface area (Å²) >= 11 is 0. The molecule has 0 radical (unpaired) electrons. The summed E-state index contributed by atoms with van der Waals surface area (Å²) in [6.45, 7) is 2.01. The van der Waals surface area contributed by atoms with Crippen molar-refractivity contribution in [2.24, 2.45) is 5.10 Å². The maximum absolute atomic E-state index is 11.6. The Morgan fingerprint density at radius 2 is 1.71 bits per heavy atom. The molecule has 3 aromatic carbocycles. The number of nitro benzene ring substituents is 2. The summed E-state index contributed by atoms with van der Waals surface area (Å²) in [5.74, 6) is 0.952. The molecule has 0 aromatic heterocycles. The van der Waals surface area contributed by atoms with Crippen LogP contribution in [0.1, 0.15) is 30.4 Å². The monoisotopic (exact) mass is 464 g/mol. The number of methoxy groups -OCH3 is 2. The molecule has 1 atom stereocenters. The lowest BCUT2D eigenvalue weighted by molar-refractivity contribution is -0.393. The first kappa shape index (κ1) is 24.2. The normalized spacial score (nSPS) is 12.0. The van der Waals surface area contributed by atoms with Crippen LogP contribution in [0.2, 0.25) is 0 Å². The highest BCUT2D eigenvalue weighted by atomic mass is 16.6. The minimum atomic E-state index is -0.689. The van der Waals surface area contributed by atoms with Gasteiger partial charge < -0.3 is 9.47 Å². The predicted molar refractivity (Wildman–Crippen MR) is 129 cm³/mol. The van der Waals surface area contributed by atoms with Gasteiger partial charge in [-0.05, 0) is 36.2 Å². The number of ether oxygens (including phenoxy) is 2. The topological polar surface area (TPSA) is 129 Å². The maximum atomic E-state index is 11.6. The molecule has 3 aromatic rings. The summed E-state index contributed by atoms with van der Waals surface area (Å²) in [4.78, 5) is 21.3. The fourth-order valence-electron chi connectivity index (χ4n) is 3.61. The first-order chi connectivity index (χ1) is 16.4. The van der Waals surface area contributed by atoms with Crippen molar-refractivity contribution in [2.75, 3.05) is 19.6 Å². The van der Waals surface area contributed by atoms with E-state index in [9.17, 15) is 20.2 Å². The Hall–Kier alpha value is -4.47. The second-order valence-corrected chi connectivity index (χ2v) is 7.26. The summed E-state index contributed by atoms with van der Waals surface area (Å²) in [6, 6.07) is 18.4. The van der Waals surface area contributed by atoms with Gasteiger partial charge in [0.1, 0.15) is 17.2 Å². The molecule has 176 valence electrons. The van der Waals surface area contributed by atoms with Crippen LogP contribution in [0.4, 0.5) is 17.1 Å². The van der Waals surface area contributed by atoms with Gasteiger partial charge in [-0.2, -0.15) is 5.10 Å². The van der Waals surface area contributed by atoms with Crippen molar-refractivity contribution < 1.29 is 19.3 Å². The Morgan fingerprint density at radius 1 is 0.971 bits per heavy atom. The second-order valence-electron chi connectivity index (χ2n) is 7.26. The molecule has 0 fully saturated rings. The number of nitro groups is 2. The van der Waals surface area contributed by atoms with E-state index in [1.54, 1.807) is 32.4 Å². The molecule has 10 nitrogen and oxygen atoms in total. The zero-order valence-corrected chi connectivity index (χ0v) is 18.9. The van der Waals surface area contributed by atoms with Crippen LogP contribution in [-0.2, 0) is 0 Å². The van der Waals surface area contributed by atoms with E-state index in [-0.39, 0.29) is 17.3 Å². The third-order valence-corrected chi connectivity index (χ3v) is 5.31. The summed E-state index contributed by atoms with van der Waals surface area (Å²) in [7, 11) is 3.09. The van der Waals surface area contributed by atoms with Crippen molar-refractivity contribution in [1.82, 2.24) is 0 Å². The molecule has 0 spiro atoms. The number of anilines is 1. The van der Waals surface area contributed by atoms with Crippen molar-refractivity contribution in [1.29, 1.82) is 0 Å². The van der Waals surface area contributed by atoms with E-state index in [1.807, 2.05) is 37.3 Å². The molecule has 0 aliphatic rings. The molecule has 0 aliphatic carbocycles. The van der Waals surface area contributed by atoms with Crippen LogP contribution in [0.5, 0.6) is 11.5 Å². The summed E-state index contributed by atoms with van der Waals surface area (Å²) < 4.78 is 11.0. The van der Waals surface area contributed by atoms with Gasteiger partial charge in [0.15, 0.2) is 0 Å². The van der Waals surface area contributed by atoms with E-state index in [2.05, 4.69) is 10.5 Å². The Bertz CT molecular complexity index is 1210. The van der Waals surface area contributed by atoms with E-state index < -0.39 is 15.5 Å². The van der Waals surface area contributed by atoms with Crippen LogP contribution >= 0.6 is 0 Å². The number of non-ortho nitro benzene ring substituents is 1. The molecular weight excluding hydrogens is 440 g/mol. The molecule has 0 bridgehead atoms. The third kappa shape index (κ3) is 5.29. The second kappa shape index (κ2) is 10.9. The molecule has 34 heavy (non-hydrogen) atoms. The van der Waals surface area contributed by atoms with E-state index >= 15 is 0 Å². The molecule has 10 heteroatoms. The standard InChI is InChI=1S/C24H24N4O6/c1-4-19(16-8-6-5-7-9-16)24(20-15-18(33-2)11-13-23(20)34-3)26-25-21-12-10-17(27(29)30)14-22(21)28(31)32/h5-15,19,25H,4H2,1-3H3/b26-24-. The van der Waals surface area contributed by atoms with E-state index in [0.29, 0.717) is 29.2 Å². The predicted octanol–water partition coefficient (Wildman–Crippen LogP) is 5.53. The van der Waals surface area contributed by atoms with Gasteiger partial charge in [0, 0.05) is 17.5 Å². The molecule has 0 saturated carbocycles. The maximum Gasteiger partial charge on any atom is 0.301 e. The first-order valence-corrected chi connectivity index (χ1v) is 10.4. The molecule has 1 N–H and O–H groups in total. The van der Waals surface area contributed by atoms with Crippen LogP contribution in [-0.4, -0.2) is 29.8 Å². The molecule has 0 aliphatic heterocycles. The number of rotatable bonds is 10. The number of benzene rings is 3. The van der Waals surface area contributed by atoms with Crippen LogP contribution in [0.15, 0.2) is 71.8 Å². The van der Waals surface area contributed by atoms with Crippen LogP contribution in [0.25, 0.3) is 0 Å². The first-order valence-electron chi connectivity index (χ1n) is 10.4. The van der Waals surface area contributed by atoms with Crippen LogP contribution in [0, 0.1) is 20.2 Å². The van der Waals surface area contributed by atoms with E-state index in [1.165, 1.54) is 12.1 Å². The van der Waals surface area contributed by atoms with Gasteiger partial charge in [0.25, 0.3) is 5.69 Å². The van der Waals surface area contributed by atoms with Crippen LogP contribution < -0.4 is 14.9 Å². The number of hydrogen-bond donors (Lipinski definition) is 1. The zero-order chi connectivity index (χ0) is 24.7. The molecule has 1 unspecified atom stereocenters. The van der Waals surface area contributed by atoms with Crippen molar-refractivity contribution in [3.05, 3.63) is 98.1 Å². The van der Waals surface area contributed by atoms with Crippen molar-refractivity contribution in [3.8, 4) is 11.5 Å². The summed E-state index contributed by atoms with van der Waals surface area (Å²) in [5, 5.41) is 27.2. The van der Waals surface area contributed by atoms with E-state index in [4.69, 9.17) is 9.47 Å².